The van der Waals surface area contributed by atoms with Crippen molar-refractivity contribution in [1.29, 1.82) is 0 Å². The van der Waals surface area contributed by atoms with E-state index in [1.807, 2.05) is 25.1 Å². The number of alkyl halides is 1. The van der Waals surface area contributed by atoms with Gasteiger partial charge in [-0.05, 0) is 24.6 Å². The third-order valence-electron chi connectivity index (χ3n) is 2.07. The number of halogens is 1. The first-order chi connectivity index (χ1) is 6.70. The van der Waals surface area contributed by atoms with E-state index in [4.69, 9.17) is 4.42 Å². The van der Waals surface area contributed by atoms with Crippen LogP contribution in [0.25, 0.3) is 11.0 Å². The Labute approximate surface area is 90.0 Å². The number of fused-ring (bicyclic) bond motifs is 1. The van der Waals surface area contributed by atoms with Crippen LogP contribution in [0.4, 0.5) is 0 Å². The highest BCUT2D eigenvalue weighted by Crippen LogP contribution is 2.21. The van der Waals surface area contributed by atoms with Gasteiger partial charge in [0.25, 0.3) is 0 Å². The van der Waals surface area contributed by atoms with E-state index in [1.165, 1.54) is 0 Å². The van der Waals surface area contributed by atoms with Gasteiger partial charge in [0.15, 0.2) is 5.76 Å². The van der Waals surface area contributed by atoms with E-state index >= 15 is 0 Å². The van der Waals surface area contributed by atoms with Crippen molar-refractivity contribution in [3.63, 3.8) is 0 Å². The summed E-state index contributed by atoms with van der Waals surface area (Å²) in [6, 6.07) is 7.66. The highest BCUT2D eigenvalue weighted by atomic mass is 79.9. The van der Waals surface area contributed by atoms with E-state index < -0.39 is 0 Å². The van der Waals surface area contributed by atoms with Crippen molar-refractivity contribution >= 4 is 32.7 Å². The summed E-state index contributed by atoms with van der Waals surface area (Å²) in [5.74, 6) is 0.390. The molecule has 0 aliphatic heterocycles. The minimum Gasteiger partial charge on any atom is -0.453 e. The molecule has 1 heterocycles. The topological polar surface area (TPSA) is 30.2 Å². The van der Waals surface area contributed by atoms with Crippen molar-refractivity contribution in [3.8, 4) is 0 Å². The Bertz CT molecular complexity index is 485. The van der Waals surface area contributed by atoms with E-state index in [2.05, 4.69) is 15.9 Å². The van der Waals surface area contributed by atoms with Crippen molar-refractivity contribution < 1.29 is 9.21 Å². The lowest BCUT2D eigenvalue weighted by atomic mass is 10.2. The summed E-state index contributed by atoms with van der Waals surface area (Å²) in [5.41, 5.74) is 1.90. The minimum absolute atomic E-state index is 0.0288. The Morgan fingerprint density at radius 2 is 2.21 bits per heavy atom. The number of carbonyl (C=O) groups is 1. The molecule has 1 aromatic carbocycles. The van der Waals surface area contributed by atoms with Gasteiger partial charge >= 0.3 is 0 Å². The highest BCUT2D eigenvalue weighted by molar-refractivity contribution is 9.09. The maximum atomic E-state index is 11.3. The Hall–Kier alpha value is -1.09. The summed E-state index contributed by atoms with van der Waals surface area (Å²) in [4.78, 5) is 11.3. The summed E-state index contributed by atoms with van der Waals surface area (Å²) in [7, 11) is 0. The van der Waals surface area contributed by atoms with Crippen molar-refractivity contribution in [1.82, 2.24) is 0 Å². The second-order valence-electron chi connectivity index (χ2n) is 3.21. The van der Waals surface area contributed by atoms with Gasteiger partial charge < -0.3 is 4.42 Å². The third kappa shape index (κ3) is 1.60. The van der Waals surface area contributed by atoms with E-state index in [1.54, 1.807) is 6.07 Å². The fourth-order valence-corrected chi connectivity index (χ4v) is 1.62. The van der Waals surface area contributed by atoms with Crippen LogP contribution < -0.4 is 0 Å². The van der Waals surface area contributed by atoms with Crippen LogP contribution in [0.5, 0.6) is 0 Å². The molecule has 72 valence electrons. The molecule has 0 spiro atoms. The zero-order valence-electron chi connectivity index (χ0n) is 7.71. The quantitative estimate of drug-likeness (QED) is 0.607. The van der Waals surface area contributed by atoms with Crippen LogP contribution >= 0.6 is 15.9 Å². The lowest BCUT2D eigenvalue weighted by Crippen LogP contribution is -1.96. The molecule has 2 aromatic rings. The fraction of sp³-hybridized carbons (Fsp3) is 0.182. The van der Waals surface area contributed by atoms with Crippen LogP contribution in [0.15, 0.2) is 28.7 Å². The van der Waals surface area contributed by atoms with E-state index in [-0.39, 0.29) is 5.78 Å². The second kappa shape index (κ2) is 3.58. The Morgan fingerprint density at radius 3 is 2.93 bits per heavy atom. The number of aryl methyl sites for hydroxylation is 1. The normalized spacial score (nSPS) is 10.7. The van der Waals surface area contributed by atoms with Crippen molar-refractivity contribution in [2.24, 2.45) is 0 Å². The molecule has 0 unspecified atom stereocenters. The number of furan rings is 1. The number of benzene rings is 1. The highest BCUT2D eigenvalue weighted by Gasteiger charge is 2.10. The van der Waals surface area contributed by atoms with Gasteiger partial charge in [0.05, 0.1) is 5.33 Å². The molecular formula is C11H9BrO2. The summed E-state index contributed by atoms with van der Waals surface area (Å²) < 4.78 is 5.42. The van der Waals surface area contributed by atoms with Gasteiger partial charge in [-0.3, -0.25) is 4.79 Å². The van der Waals surface area contributed by atoms with Gasteiger partial charge in [0.2, 0.25) is 5.78 Å². The van der Waals surface area contributed by atoms with Gasteiger partial charge in [-0.15, -0.1) is 0 Å². The molecule has 3 heteroatoms. The minimum atomic E-state index is -0.0288. The molecule has 0 amide bonds. The summed E-state index contributed by atoms with van der Waals surface area (Å²) in [5, 5.41) is 1.27. The molecule has 0 aliphatic rings. The number of rotatable bonds is 2. The zero-order valence-corrected chi connectivity index (χ0v) is 9.30. The molecule has 0 saturated carbocycles. The molecule has 0 atom stereocenters. The second-order valence-corrected chi connectivity index (χ2v) is 3.77. The summed E-state index contributed by atoms with van der Waals surface area (Å²) >= 11 is 3.11. The standard InChI is InChI=1S/C11H9BrO2/c1-7-2-3-8-5-11(9(13)6-12)14-10(8)4-7/h2-5H,6H2,1H3. The number of hydrogen-bond acceptors (Lipinski definition) is 2. The van der Waals surface area contributed by atoms with E-state index in [9.17, 15) is 4.79 Å². The Morgan fingerprint density at radius 1 is 1.43 bits per heavy atom. The predicted molar refractivity (Wildman–Crippen MR) is 59.1 cm³/mol. The smallest absolute Gasteiger partial charge is 0.208 e. The number of hydrogen-bond donors (Lipinski definition) is 0. The largest absolute Gasteiger partial charge is 0.453 e. The average molecular weight is 253 g/mol. The number of Topliss-reactive ketones (excluding diaryl/α,β-unsaturated/α-hetero) is 1. The SMILES string of the molecule is Cc1ccc2cc(C(=O)CBr)oc2c1. The van der Waals surface area contributed by atoms with Gasteiger partial charge in [-0.25, -0.2) is 0 Å². The summed E-state index contributed by atoms with van der Waals surface area (Å²) in [6.45, 7) is 1.99. The first-order valence-electron chi connectivity index (χ1n) is 4.30. The Kier molecular flexibility index (Phi) is 2.42. The predicted octanol–water partition coefficient (Wildman–Crippen LogP) is 3.32. The third-order valence-corrected chi connectivity index (χ3v) is 2.58. The first-order valence-corrected chi connectivity index (χ1v) is 5.42. The number of carbonyl (C=O) groups excluding carboxylic acids is 1. The molecule has 0 bridgehead atoms. The van der Waals surface area contributed by atoms with Crippen molar-refractivity contribution in [2.75, 3.05) is 5.33 Å². The fourth-order valence-electron chi connectivity index (χ4n) is 1.34. The molecule has 0 fully saturated rings. The van der Waals surface area contributed by atoms with Crippen LogP contribution in [0.1, 0.15) is 16.1 Å². The number of ketones is 1. The zero-order chi connectivity index (χ0) is 10.1. The Balaban J connectivity index is 2.56. The molecule has 0 saturated heterocycles. The van der Waals surface area contributed by atoms with Crippen LogP contribution in [0.3, 0.4) is 0 Å². The monoisotopic (exact) mass is 252 g/mol. The van der Waals surface area contributed by atoms with E-state index in [0.29, 0.717) is 11.1 Å². The molecular weight excluding hydrogens is 244 g/mol. The molecule has 1 aromatic heterocycles. The molecule has 2 rings (SSSR count). The van der Waals surface area contributed by atoms with Crippen LogP contribution in [0.2, 0.25) is 0 Å². The van der Waals surface area contributed by atoms with Crippen LogP contribution in [-0.4, -0.2) is 11.1 Å². The molecule has 0 radical (unpaired) electrons. The van der Waals surface area contributed by atoms with Gasteiger partial charge in [0, 0.05) is 5.39 Å². The lowest BCUT2D eigenvalue weighted by molar-refractivity contribution is 0.0995. The van der Waals surface area contributed by atoms with Gasteiger partial charge in [-0.1, -0.05) is 28.1 Å². The van der Waals surface area contributed by atoms with Crippen LogP contribution in [0, 0.1) is 6.92 Å². The lowest BCUT2D eigenvalue weighted by Gasteiger charge is -1.90. The van der Waals surface area contributed by atoms with Gasteiger partial charge in [0.1, 0.15) is 5.58 Å². The summed E-state index contributed by atoms with van der Waals surface area (Å²) in [6.07, 6.45) is 0. The molecule has 0 N–H and O–H groups in total. The van der Waals surface area contributed by atoms with Gasteiger partial charge in [-0.2, -0.15) is 0 Å². The van der Waals surface area contributed by atoms with Crippen LogP contribution in [-0.2, 0) is 0 Å². The van der Waals surface area contributed by atoms with Crippen molar-refractivity contribution in [3.05, 3.63) is 35.6 Å². The first kappa shape index (κ1) is 9.46. The van der Waals surface area contributed by atoms with E-state index in [0.717, 1.165) is 16.5 Å². The van der Waals surface area contributed by atoms with Crippen molar-refractivity contribution in [2.45, 2.75) is 6.92 Å². The maximum absolute atomic E-state index is 11.3. The maximum Gasteiger partial charge on any atom is 0.208 e. The molecule has 2 nitrogen and oxygen atoms in total. The molecule has 14 heavy (non-hydrogen) atoms. The average Bonchev–Trinajstić information content (AvgIpc) is 2.59. The molecule has 0 aliphatic carbocycles.